The van der Waals surface area contributed by atoms with E-state index in [9.17, 15) is 4.79 Å². The number of rotatable bonds is 14. The summed E-state index contributed by atoms with van der Waals surface area (Å²) in [6, 6.07) is 0. The molecular weight excluding hydrogens is 226 g/mol. The van der Waals surface area contributed by atoms with Gasteiger partial charge in [-0.1, -0.05) is 58.3 Å². The fourth-order valence-corrected chi connectivity index (χ4v) is 1.91. The molecule has 3 nitrogen and oxygen atoms in total. The van der Waals surface area contributed by atoms with Gasteiger partial charge in [-0.15, -0.1) is 0 Å². The minimum atomic E-state index is 0.543. The number of ether oxygens (including phenoxy) is 1. The largest absolute Gasteiger partial charge is 0.381 e. The van der Waals surface area contributed by atoms with Gasteiger partial charge in [-0.3, -0.25) is 0 Å². The first kappa shape index (κ1) is 17.3. The highest BCUT2D eigenvalue weighted by atomic mass is 16.5. The molecule has 0 heterocycles. The Kier molecular flexibility index (Phi) is 15.7. The van der Waals surface area contributed by atoms with Crippen LogP contribution in [0.15, 0.2) is 4.99 Å². The molecule has 0 aliphatic carbocycles. The van der Waals surface area contributed by atoms with E-state index in [-0.39, 0.29) is 0 Å². The standard InChI is InChI=1S/C15H29NO2/c1-2-3-4-5-6-7-8-9-10-13-18-14-11-12-16-15-17/h2-14H2,1H3. The van der Waals surface area contributed by atoms with Gasteiger partial charge in [-0.25, -0.2) is 9.79 Å². The van der Waals surface area contributed by atoms with Gasteiger partial charge in [0.15, 0.2) is 0 Å². The molecule has 0 aromatic carbocycles. The number of hydrogen-bond donors (Lipinski definition) is 0. The van der Waals surface area contributed by atoms with E-state index in [1.165, 1.54) is 57.4 Å². The maximum atomic E-state index is 9.79. The third kappa shape index (κ3) is 15.3. The van der Waals surface area contributed by atoms with E-state index < -0.39 is 0 Å². The highest BCUT2D eigenvalue weighted by Crippen LogP contribution is 2.09. The van der Waals surface area contributed by atoms with Gasteiger partial charge in [0.1, 0.15) is 0 Å². The van der Waals surface area contributed by atoms with E-state index >= 15 is 0 Å². The molecule has 0 fully saturated rings. The lowest BCUT2D eigenvalue weighted by molar-refractivity contribution is 0.129. The minimum absolute atomic E-state index is 0.543. The zero-order valence-electron chi connectivity index (χ0n) is 12.0. The summed E-state index contributed by atoms with van der Waals surface area (Å²) in [6.07, 6.45) is 14.4. The molecule has 0 bridgehead atoms. The first-order valence-corrected chi connectivity index (χ1v) is 7.53. The number of carbonyl (C=O) groups excluding carboxylic acids is 1. The second-order valence-corrected chi connectivity index (χ2v) is 4.77. The van der Waals surface area contributed by atoms with Gasteiger partial charge in [0.2, 0.25) is 6.08 Å². The van der Waals surface area contributed by atoms with E-state index in [0.29, 0.717) is 13.2 Å². The van der Waals surface area contributed by atoms with Crippen molar-refractivity contribution in [2.24, 2.45) is 4.99 Å². The van der Waals surface area contributed by atoms with Crippen LogP contribution in [-0.4, -0.2) is 25.8 Å². The number of isocyanates is 1. The lowest BCUT2D eigenvalue weighted by Crippen LogP contribution is -1.98. The molecule has 0 saturated carbocycles. The van der Waals surface area contributed by atoms with E-state index in [4.69, 9.17) is 4.74 Å². The normalized spacial score (nSPS) is 10.3. The summed E-state index contributed by atoms with van der Waals surface area (Å²) in [4.78, 5) is 13.3. The molecular formula is C15H29NO2. The zero-order valence-corrected chi connectivity index (χ0v) is 12.0. The van der Waals surface area contributed by atoms with E-state index in [0.717, 1.165) is 19.4 Å². The Morgan fingerprint density at radius 2 is 1.39 bits per heavy atom. The summed E-state index contributed by atoms with van der Waals surface area (Å²) in [5.41, 5.74) is 0. The van der Waals surface area contributed by atoms with Gasteiger partial charge in [0.25, 0.3) is 0 Å². The average Bonchev–Trinajstić information content (AvgIpc) is 2.39. The Morgan fingerprint density at radius 1 is 0.833 bits per heavy atom. The molecule has 0 N–H and O–H groups in total. The highest BCUT2D eigenvalue weighted by Gasteiger charge is 1.93. The average molecular weight is 255 g/mol. The topological polar surface area (TPSA) is 38.7 Å². The molecule has 0 aromatic heterocycles. The summed E-state index contributed by atoms with van der Waals surface area (Å²) in [6.45, 7) is 4.36. The summed E-state index contributed by atoms with van der Waals surface area (Å²) in [5, 5.41) is 0. The molecule has 0 atom stereocenters. The summed E-state index contributed by atoms with van der Waals surface area (Å²) in [7, 11) is 0. The molecule has 106 valence electrons. The van der Waals surface area contributed by atoms with Crippen molar-refractivity contribution in [3.05, 3.63) is 0 Å². The van der Waals surface area contributed by atoms with Crippen LogP contribution in [0.3, 0.4) is 0 Å². The second kappa shape index (κ2) is 16.3. The molecule has 18 heavy (non-hydrogen) atoms. The van der Waals surface area contributed by atoms with Crippen LogP contribution in [-0.2, 0) is 9.53 Å². The summed E-state index contributed by atoms with van der Waals surface area (Å²) >= 11 is 0. The van der Waals surface area contributed by atoms with Crippen LogP contribution in [0.5, 0.6) is 0 Å². The van der Waals surface area contributed by atoms with Gasteiger partial charge < -0.3 is 4.74 Å². The minimum Gasteiger partial charge on any atom is -0.381 e. The lowest BCUT2D eigenvalue weighted by atomic mass is 10.1. The Bertz CT molecular complexity index is 201. The first-order valence-electron chi connectivity index (χ1n) is 7.53. The van der Waals surface area contributed by atoms with E-state index in [1.54, 1.807) is 0 Å². The summed E-state index contributed by atoms with van der Waals surface area (Å²) < 4.78 is 5.45. The van der Waals surface area contributed by atoms with Crippen molar-refractivity contribution in [3.8, 4) is 0 Å². The van der Waals surface area contributed by atoms with Crippen LogP contribution in [0.1, 0.15) is 71.1 Å². The fraction of sp³-hybridized carbons (Fsp3) is 0.933. The van der Waals surface area contributed by atoms with Gasteiger partial charge in [0, 0.05) is 13.2 Å². The quantitative estimate of drug-likeness (QED) is 0.264. The van der Waals surface area contributed by atoms with Crippen molar-refractivity contribution in [1.29, 1.82) is 0 Å². The second-order valence-electron chi connectivity index (χ2n) is 4.77. The SMILES string of the molecule is CCCCCCCCCCCOCCCN=C=O. The fourth-order valence-electron chi connectivity index (χ4n) is 1.91. The number of hydrogen-bond acceptors (Lipinski definition) is 3. The van der Waals surface area contributed by atoms with E-state index in [1.807, 2.05) is 0 Å². The van der Waals surface area contributed by atoms with Crippen LogP contribution in [0.25, 0.3) is 0 Å². The third-order valence-corrected chi connectivity index (χ3v) is 3.02. The van der Waals surface area contributed by atoms with Gasteiger partial charge in [0.05, 0.1) is 6.54 Å². The number of aliphatic imine (C=N–C) groups is 1. The summed E-state index contributed by atoms with van der Waals surface area (Å²) in [5.74, 6) is 0. The van der Waals surface area contributed by atoms with Crippen LogP contribution in [0.2, 0.25) is 0 Å². The molecule has 0 unspecified atom stereocenters. The molecule has 0 aliphatic heterocycles. The van der Waals surface area contributed by atoms with Crippen LogP contribution in [0, 0.1) is 0 Å². The Morgan fingerprint density at radius 3 is 2.00 bits per heavy atom. The Balaban J connectivity index is 2.92. The highest BCUT2D eigenvalue weighted by molar-refractivity contribution is 5.32. The van der Waals surface area contributed by atoms with Gasteiger partial charge in [-0.05, 0) is 12.8 Å². The predicted octanol–water partition coefficient (Wildman–Crippen LogP) is 4.26. The van der Waals surface area contributed by atoms with Gasteiger partial charge >= 0.3 is 0 Å². The maximum absolute atomic E-state index is 9.79. The van der Waals surface area contributed by atoms with E-state index in [2.05, 4.69) is 11.9 Å². The van der Waals surface area contributed by atoms with Crippen molar-refractivity contribution in [2.75, 3.05) is 19.8 Å². The molecule has 0 saturated heterocycles. The smallest absolute Gasteiger partial charge is 0.234 e. The predicted molar refractivity (Wildman–Crippen MR) is 75.7 cm³/mol. The van der Waals surface area contributed by atoms with Crippen molar-refractivity contribution in [2.45, 2.75) is 71.1 Å². The van der Waals surface area contributed by atoms with Crippen molar-refractivity contribution >= 4 is 6.08 Å². The Hall–Kier alpha value is -0.660. The maximum Gasteiger partial charge on any atom is 0.234 e. The molecule has 0 rings (SSSR count). The first-order chi connectivity index (χ1) is 8.91. The third-order valence-electron chi connectivity index (χ3n) is 3.02. The molecule has 0 radical (unpaired) electrons. The lowest BCUT2D eigenvalue weighted by Gasteiger charge is -2.03. The van der Waals surface area contributed by atoms with Crippen molar-refractivity contribution in [1.82, 2.24) is 0 Å². The van der Waals surface area contributed by atoms with Crippen molar-refractivity contribution in [3.63, 3.8) is 0 Å². The van der Waals surface area contributed by atoms with Gasteiger partial charge in [-0.2, -0.15) is 0 Å². The van der Waals surface area contributed by atoms with Crippen molar-refractivity contribution < 1.29 is 9.53 Å². The number of nitrogens with zero attached hydrogens (tertiary/aromatic N) is 1. The van der Waals surface area contributed by atoms with Crippen LogP contribution < -0.4 is 0 Å². The molecule has 0 aliphatic rings. The van der Waals surface area contributed by atoms with Crippen LogP contribution in [0.4, 0.5) is 0 Å². The molecule has 0 amide bonds. The Labute approximate surface area is 112 Å². The zero-order chi connectivity index (χ0) is 13.3. The monoisotopic (exact) mass is 255 g/mol. The number of unbranched alkanes of at least 4 members (excludes halogenated alkanes) is 8. The van der Waals surface area contributed by atoms with Crippen LogP contribution >= 0.6 is 0 Å². The molecule has 0 aromatic rings. The molecule has 0 spiro atoms. The molecule has 3 heteroatoms.